The SMILES string of the molecule is C[C@H](OC(=O)c1ccc(-c2ccc(F)cc2)o1)C(=O)NC(=O)NC1CCCC1. The van der Waals surface area contributed by atoms with E-state index in [4.69, 9.17) is 9.15 Å². The highest BCUT2D eigenvalue weighted by Crippen LogP contribution is 2.23. The molecule has 0 spiro atoms. The number of ether oxygens (including phenoxy) is 1. The van der Waals surface area contributed by atoms with E-state index in [1.54, 1.807) is 6.07 Å². The number of benzene rings is 1. The Morgan fingerprint density at radius 1 is 1.11 bits per heavy atom. The second kappa shape index (κ2) is 8.69. The number of amides is 3. The first kappa shape index (κ1) is 19.6. The van der Waals surface area contributed by atoms with Crippen molar-refractivity contribution in [3.05, 3.63) is 48.0 Å². The Hall–Kier alpha value is -3.16. The van der Waals surface area contributed by atoms with E-state index in [1.807, 2.05) is 0 Å². The lowest BCUT2D eigenvalue weighted by molar-refractivity contribution is -0.128. The molecule has 1 fully saturated rings. The summed E-state index contributed by atoms with van der Waals surface area (Å²) in [5.74, 6) is -1.69. The van der Waals surface area contributed by atoms with Crippen molar-refractivity contribution in [2.45, 2.75) is 44.8 Å². The summed E-state index contributed by atoms with van der Waals surface area (Å²) in [7, 11) is 0. The van der Waals surface area contributed by atoms with Crippen LogP contribution in [0.3, 0.4) is 0 Å². The van der Waals surface area contributed by atoms with E-state index in [2.05, 4.69) is 10.6 Å². The molecule has 1 aromatic carbocycles. The molecule has 7 nitrogen and oxygen atoms in total. The highest BCUT2D eigenvalue weighted by Gasteiger charge is 2.24. The van der Waals surface area contributed by atoms with Gasteiger partial charge in [-0.25, -0.2) is 14.0 Å². The van der Waals surface area contributed by atoms with Crippen LogP contribution >= 0.6 is 0 Å². The maximum absolute atomic E-state index is 13.0. The van der Waals surface area contributed by atoms with E-state index in [9.17, 15) is 18.8 Å². The summed E-state index contributed by atoms with van der Waals surface area (Å²) in [4.78, 5) is 36.0. The molecule has 8 heteroatoms. The first-order valence-corrected chi connectivity index (χ1v) is 9.10. The van der Waals surface area contributed by atoms with E-state index < -0.39 is 24.0 Å². The van der Waals surface area contributed by atoms with Gasteiger partial charge in [0.25, 0.3) is 5.91 Å². The fourth-order valence-corrected chi connectivity index (χ4v) is 2.99. The fraction of sp³-hybridized carbons (Fsp3) is 0.350. The van der Waals surface area contributed by atoms with Crippen molar-refractivity contribution >= 4 is 17.9 Å². The normalized spacial score (nSPS) is 15.1. The Morgan fingerprint density at radius 2 is 1.79 bits per heavy atom. The largest absolute Gasteiger partial charge is 0.449 e. The molecule has 1 atom stereocenters. The van der Waals surface area contributed by atoms with Gasteiger partial charge in [-0.3, -0.25) is 10.1 Å². The molecule has 3 rings (SSSR count). The van der Waals surface area contributed by atoms with Gasteiger partial charge in [-0.15, -0.1) is 0 Å². The molecule has 0 unspecified atom stereocenters. The minimum atomic E-state index is -1.18. The van der Waals surface area contributed by atoms with Gasteiger partial charge >= 0.3 is 12.0 Å². The van der Waals surface area contributed by atoms with Gasteiger partial charge in [0.15, 0.2) is 6.10 Å². The van der Waals surface area contributed by atoms with E-state index >= 15 is 0 Å². The second-order valence-corrected chi connectivity index (χ2v) is 6.66. The molecule has 0 aliphatic heterocycles. The quantitative estimate of drug-likeness (QED) is 0.765. The van der Waals surface area contributed by atoms with Gasteiger partial charge in [0.1, 0.15) is 11.6 Å². The molecule has 3 amide bonds. The lowest BCUT2D eigenvalue weighted by Crippen LogP contribution is -2.47. The minimum absolute atomic E-state index is 0.0682. The van der Waals surface area contributed by atoms with Crippen LogP contribution in [0.15, 0.2) is 40.8 Å². The van der Waals surface area contributed by atoms with Gasteiger partial charge in [0, 0.05) is 11.6 Å². The zero-order chi connectivity index (χ0) is 20.1. The zero-order valence-electron chi connectivity index (χ0n) is 15.4. The van der Waals surface area contributed by atoms with Crippen LogP contribution in [0.5, 0.6) is 0 Å². The first-order valence-electron chi connectivity index (χ1n) is 9.10. The predicted molar refractivity (Wildman–Crippen MR) is 97.9 cm³/mol. The standard InChI is InChI=1S/C20H21FN2O5/c1-12(18(24)23-20(26)22-15-4-2-3-5-15)27-19(25)17-11-10-16(28-17)13-6-8-14(21)9-7-13/h6-12,15H,2-5H2,1H3,(H2,22,23,24,26)/t12-/m0/s1. The van der Waals surface area contributed by atoms with Crippen molar-refractivity contribution in [2.24, 2.45) is 0 Å². The van der Waals surface area contributed by atoms with Crippen LogP contribution in [0.1, 0.15) is 43.2 Å². The summed E-state index contributed by atoms with van der Waals surface area (Å²) in [6.45, 7) is 1.36. The summed E-state index contributed by atoms with van der Waals surface area (Å²) in [6.07, 6.45) is 2.70. The molecule has 2 N–H and O–H groups in total. The molecule has 1 aliphatic rings. The van der Waals surface area contributed by atoms with Crippen molar-refractivity contribution in [3.63, 3.8) is 0 Å². The highest BCUT2D eigenvalue weighted by atomic mass is 19.1. The molecular formula is C20H21FN2O5. The summed E-state index contributed by atoms with van der Waals surface area (Å²) in [6, 6.07) is 8.00. The number of rotatable bonds is 5. The molecule has 1 aliphatic carbocycles. The third-order valence-corrected chi connectivity index (χ3v) is 4.52. The number of imide groups is 1. The van der Waals surface area contributed by atoms with Crippen LogP contribution in [0.2, 0.25) is 0 Å². The number of furan rings is 1. The molecule has 28 heavy (non-hydrogen) atoms. The van der Waals surface area contributed by atoms with Gasteiger partial charge in [0.2, 0.25) is 5.76 Å². The lowest BCUT2D eigenvalue weighted by atomic mass is 10.2. The Bertz CT molecular complexity index is 856. The van der Waals surface area contributed by atoms with Gasteiger partial charge in [0.05, 0.1) is 0 Å². The number of carbonyl (C=O) groups is 3. The van der Waals surface area contributed by atoms with Gasteiger partial charge < -0.3 is 14.5 Å². The maximum Gasteiger partial charge on any atom is 0.375 e. The van der Waals surface area contributed by atoms with E-state index in [0.29, 0.717) is 11.3 Å². The van der Waals surface area contributed by atoms with Crippen molar-refractivity contribution in [1.82, 2.24) is 10.6 Å². The summed E-state index contributed by atoms with van der Waals surface area (Å²) in [5.41, 5.74) is 0.592. The van der Waals surface area contributed by atoms with E-state index in [-0.39, 0.29) is 17.6 Å². The summed E-state index contributed by atoms with van der Waals surface area (Å²) in [5, 5.41) is 4.89. The monoisotopic (exact) mass is 388 g/mol. The Labute approximate surface area is 161 Å². The molecule has 0 saturated heterocycles. The van der Waals surface area contributed by atoms with Crippen molar-refractivity contribution in [2.75, 3.05) is 0 Å². The van der Waals surface area contributed by atoms with Gasteiger partial charge in [-0.2, -0.15) is 0 Å². The molecule has 1 saturated carbocycles. The Balaban J connectivity index is 1.52. The van der Waals surface area contributed by atoms with Crippen molar-refractivity contribution < 1.29 is 27.9 Å². The molecule has 2 aromatic rings. The van der Waals surface area contributed by atoms with Crippen LogP contribution < -0.4 is 10.6 Å². The minimum Gasteiger partial charge on any atom is -0.449 e. The molecule has 0 bridgehead atoms. The topological polar surface area (TPSA) is 97.6 Å². The van der Waals surface area contributed by atoms with E-state index in [0.717, 1.165) is 25.7 Å². The highest BCUT2D eigenvalue weighted by molar-refractivity contribution is 5.98. The van der Waals surface area contributed by atoms with Crippen LogP contribution in [0.4, 0.5) is 9.18 Å². The molecule has 1 aromatic heterocycles. The van der Waals surface area contributed by atoms with Crippen LogP contribution in [0.25, 0.3) is 11.3 Å². The molecule has 148 valence electrons. The third kappa shape index (κ3) is 4.97. The smallest absolute Gasteiger partial charge is 0.375 e. The van der Waals surface area contributed by atoms with E-state index in [1.165, 1.54) is 37.3 Å². The average Bonchev–Trinajstić information content (AvgIpc) is 3.34. The predicted octanol–water partition coefficient (Wildman–Crippen LogP) is 3.40. The van der Waals surface area contributed by atoms with Crippen molar-refractivity contribution in [3.8, 4) is 11.3 Å². The number of urea groups is 1. The maximum atomic E-state index is 13.0. The number of hydrogen-bond donors (Lipinski definition) is 2. The number of hydrogen-bond acceptors (Lipinski definition) is 5. The summed E-state index contributed by atoms with van der Waals surface area (Å²) < 4.78 is 23.5. The Kier molecular flexibility index (Phi) is 6.08. The molecule has 1 heterocycles. The second-order valence-electron chi connectivity index (χ2n) is 6.66. The zero-order valence-corrected chi connectivity index (χ0v) is 15.4. The third-order valence-electron chi connectivity index (χ3n) is 4.52. The Morgan fingerprint density at radius 3 is 2.46 bits per heavy atom. The number of nitrogens with one attached hydrogen (secondary N) is 2. The van der Waals surface area contributed by atoms with Gasteiger partial charge in [-0.1, -0.05) is 12.8 Å². The molecule has 0 radical (unpaired) electrons. The van der Waals surface area contributed by atoms with Crippen LogP contribution in [-0.2, 0) is 9.53 Å². The summed E-state index contributed by atoms with van der Waals surface area (Å²) >= 11 is 0. The average molecular weight is 388 g/mol. The van der Waals surface area contributed by atoms with Crippen LogP contribution in [0, 0.1) is 5.82 Å². The van der Waals surface area contributed by atoms with Crippen molar-refractivity contribution in [1.29, 1.82) is 0 Å². The molecular weight excluding hydrogens is 367 g/mol. The van der Waals surface area contributed by atoms with Gasteiger partial charge in [-0.05, 0) is 56.2 Å². The first-order chi connectivity index (χ1) is 13.4. The number of halogens is 1. The number of carbonyl (C=O) groups excluding carboxylic acids is 3. The lowest BCUT2D eigenvalue weighted by Gasteiger charge is -2.15. The van der Waals surface area contributed by atoms with Crippen LogP contribution in [-0.4, -0.2) is 30.1 Å². The fourth-order valence-electron chi connectivity index (χ4n) is 2.99. The number of esters is 1.